The summed E-state index contributed by atoms with van der Waals surface area (Å²) in [6, 6.07) is 20.0. The average Bonchev–Trinajstić information content (AvgIpc) is 2.87. The topological polar surface area (TPSA) is 83.7 Å². The predicted octanol–water partition coefficient (Wildman–Crippen LogP) is 5.03. The number of carbonyl (C=O) groups excluding carboxylic acids is 1. The number of hydrogen-bond donors (Lipinski definition) is 2. The van der Waals surface area contributed by atoms with Crippen molar-refractivity contribution >= 4 is 22.6 Å². The van der Waals surface area contributed by atoms with Crippen LogP contribution in [-0.2, 0) is 6.42 Å². The number of H-pyrrole nitrogens is 1. The first-order valence-electron chi connectivity index (χ1n) is 11.5. The number of urea groups is 1. The molecule has 4 aromatic rings. The number of amides is 2. The first kappa shape index (κ1) is 22.5. The van der Waals surface area contributed by atoms with E-state index in [4.69, 9.17) is 9.47 Å². The lowest BCUT2D eigenvalue weighted by atomic mass is 9.87. The van der Waals surface area contributed by atoms with Gasteiger partial charge in [-0.1, -0.05) is 29.8 Å². The molecular weight excluding hydrogens is 442 g/mol. The number of nitrogens with zero attached hydrogens (tertiary/aromatic N) is 1. The number of methoxy groups -OCH3 is 2. The number of nitrogens with one attached hydrogen (secondary N) is 2. The largest absolute Gasteiger partial charge is 0.493 e. The molecule has 178 valence electrons. The van der Waals surface area contributed by atoms with E-state index in [1.54, 1.807) is 19.1 Å². The molecule has 1 atom stereocenters. The van der Waals surface area contributed by atoms with Gasteiger partial charge in [-0.15, -0.1) is 0 Å². The van der Waals surface area contributed by atoms with Crippen LogP contribution in [0.5, 0.6) is 11.5 Å². The number of benzene rings is 3. The maximum atomic E-state index is 13.5. The summed E-state index contributed by atoms with van der Waals surface area (Å²) in [6.07, 6.45) is 0.624. The van der Waals surface area contributed by atoms with E-state index in [9.17, 15) is 9.59 Å². The summed E-state index contributed by atoms with van der Waals surface area (Å²) in [4.78, 5) is 31.6. The zero-order valence-corrected chi connectivity index (χ0v) is 19.9. The number of carbonyl (C=O) groups is 1. The van der Waals surface area contributed by atoms with E-state index in [-0.39, 0.29) is 11.6 Å². The molecule has 1 unspecified atom stereocenters. The van der Waals surface area contributed by atoms with Crippen molar-refractivity contribution in [3.05, 3.63) is 99.3 Å². The Morgan fingerprint density at radius 3 is 2.46 bits per heavy atom. The maximum absolute atomic E-state index is 13.5. The fraction of sp³-hybridized carbons (Fsp3) is 0.214. The van der Waals surface area contributed by atoms with Gasteiger partial charge in [0.1, 0.15) is 0 Å². The molecule has 1 aliphatic rings. The van der Waals surface area contributed by atoms with Crippen molar-refractivity contribution in [2.24, 2.45) is 0 Å². The molecule has 0 fully saturated rings. The van der Waals surface area contributed by atoms with Crippen LogP contribution in [0, 0.1) is 6.92 Å². The Morgan fingerprint density at radius 2 is 1.71 bits per heavy atom. The van der Waals surface area contributed by atoms with Crippen molar-refractivity contribution < 1.29 is 14.3 Å². The van der Waals surface area contributed by atoms with Crippen molar-refractivity contribution in [1.29, 1.82) is 0 Å². The summed E-state index contributed by atoms with van der Waals surface area (Å²) in [5, 5.41) is 3.89. The smallest absolute Gasteiger partial charge is 0.322 e. The Balaban J connectivity index is 1.68. The highest BCUT2D eigenvalue weighted by Gasteiger charge is 2.35. The molecule has 3 aromatic carbocycles. The quantitative estimate of drug-likeness (QED) is 0.439. The van der Waals surface area contributed by atoms with Gasteiger partial charge < -0.3 is 24.7 Å². The lowest BCUT2D eigenvalue weighted by molar-refractivity contribution is 0.193. The van der Waals surface area contributed by atoms with Crippen molar-refractivity contribution in [2.45, 2.75) is 19.4 Å². The van der Waals surface area contributed by atoms with Crippen LogP contribution in [-0.4, -0.2) is 36.7 Å². The minimum Gasteiger partial charge on any atom is -0.493 e. The zero-order chi connectivity index (χ0) is 24.5. The number of aromatic nitrogens is 1. The van der Waals surface area contributed by atoms with Crippen molar-refractivity contribution in [1.82, 2.24) is 9.88 Å². The monoisotopic (exact) mass is 469 g/mol. The van der Waals surface area contributed by atoms with E-state index >= 15 is 0 Å². The molecule has 0 radical (unpaired) electrons. The predicted molar refractivity (Wildman–Crippen MR) is 137 cm³/mol. The Hall–Kier alpha value is -4.26. The Kier molecular flexibility index (Phi) is 5.91. The molecule has 0 saturated heterocycles. The number of ether oxygens (including phenoxy) is 2. The fourth-order valence-corrected chi connectivity index (χ4v) is 4.76. The number of fused-ring (bicyclic) bond motifs is 2. The highest BCUT2D eigenvalue weighted by Crippen LogP contribution is 2.40. The van der Waals surface area contributed by atoms with E-state index in [1.807, 2.05) is 73.7 Å². The second-order valence-corrected chi connectivity index (χ2v) is 8.69. The van der Waals surface area contributed by atoms with Crippen LogP contribution in [0.1, 0.15) is 28.3 Å². The molecule has 0 saturated carbocycles. The summed E-state index contributed by atoms with van der Waals surface area (Å²) in [7, 11) is 3.17. The summed E-state index contributed by atoms with van der Waals surface area (Å²) in [6.45, 7) is 2.45. The fourth-order valence-electron chi connectivity index (χ4n) is 4.76. The average molecular weight is 470 g/mol. The highest BCUT2D eigenvalue weighted by molar-refractivity contribution is 5.90. The van der Waals surface area contributed by atoms with E-state index in [1.165, 1.54) is 0 Å². The molecule has 2 N–H and O–H groups in total. The number of anilines is 1. The van der Waals surface area contributed by atoms with Crippen molar-refractivity contribution in [3.63, 3.8) is 0 Å². The van der Waals surface area contributed by atoms with Gasteiger partial charge in [-0.25, -0.2) is 4.79 Å². The molecule has 0 bridgehead atoms. The van der Waals surface area contributed by atoms with Crippen LogP contribution >= 0.6 is 0 Å². The Labute approximate surface area is 203 Å². The number of rotatable bonds is 4. The molecule has 7 nitrogen and oxygen atoms in total. The van der Waals surface area contributed by atoms with E-state index < -0.39 is 6.04 Å². The molecule has 1 aliphatic heterocycles. The number of aryl methyl sites for hydroxylation is 1. The van der Waals surface area contributed by atoms with E-state index in [0.717, 1.165) is 27.6 Å². The normalized spacial score (nSPS) is 14.9. The van der Waals surface area contributed by atoms with Crippen molar-refractivity contribution in [2.75, 3.05) is 26.1 Å². The van der Waals surface area contributed by atoms with Gasteiger partial charge in [-0.3, -0.25) is 4.79 Å². The second-order valence-electron chi connectivity index (χ2n) is 8.69. The summed E-state index contributed by atoms with van der Waals surface area (Å²) >= 11 is 0. The number of pyridine rings is 1. The minimum absolute atomic E-state index is 0.230. The zero-order valence-electron chi connectivity index (χ0n) is 19.9. The van der Waals surface area contributed by atoms with Gasteiger partial charge in [0.05, 0.1) is 20.3 Å². The molecule has 1 aromatic heterocycles. The minimum atomic E-state index is -0.601. The maximum Gasteiger partial charge on any atom is 0.322 e. The summed E-state index contributed by atoms with van der Waals surface area (Å²) in [5.74, 6) is 1.17. The molecule has 2 heterocycles. The van der Waals surface area contributed by atoms with Crippen LogP contribution in [0.3, 0.4) is 0 Å². The molecule has 35 heavy (non-hydrogen) atoms. The second kappa shape index (κ2) is 9.18. The first-order valence-corrected chi connectivity index (χ1v) is 11.5. The lowest BCUT2D eigenvalue weighted by Gasteiger charge is -2.37. The third kappa shape index (κ3) is 4.21. The van der Waals surface area contributed by atoms with Crippen LogP contribution in [0.25, 0.3) is 10.9 Å². The van der Waals surface area contributed by atoms with Gasteiger partial charge >= 0.3 is 6.03 Å². The van der Waals surface area contributed by atoms with Crippen LogP contribution in [0.15, 0.2) is 71.5 Å². The molecule has 2 amide bonds. The lowest BCUT2D eigenvalue weighted by Crippen LogP contribution is -2.44. The third-order valence-electron chi connectivity index (χ3n) is 6.48. The third-order valence-corrected chi connectivity index (χ3v) is 6.48. The van der Waals surface area contributed by atoms with Crippen molar-refractivity contribution in [3.8, 4) is 11.5 Å². The molecule has 5 rings (SSSR count). The SMILES string of the molecule is COc1cc2c(cc1OC)C(c1cc3cc(C)ccc3[nH]c1=O)N(C(=O)Nc1ccccc1)CC2. The van der Waals surface area contributed by atoms with Gasteiger partial charge in [-0.05, 0) is 72.3 Å². The van der Waals surface area contributed by atoms with E-state index in [2.05, 4.69) is 10.3 Å². The first-order chi connectivity index (χ1) is 17.0. The Bertz CT molecular complexity index is 1460. The number of hydrogen-bond acceptors (Lipinski definition) is 4. The van der Waals surface area contributed by atoms with Gasteiger partial charge in [0.25, 0.3) is 5.56 Å². The van der Waals surface area contributed by atoms with Gasteiger partial charge in [0, 0.05) is 23.3 Å². The molecule has 0 spiro atoms. The highest BCUT2D eigenvalue weighted by atomic mass is 16.5. The molecule has 7 heteroatoms. The van der Waals surface area contributed by atoms with E-state index in [0.29, 0.717) is 35.7 Å². The van der Waals surface area contributed by atoms with Crippen LogP contribution in [0.4, 0.5) is 10.5 Å². The van der Waals surface area contributed by atoms with Crippen LogP contribution in [0.2, 0.25) is 0 Å². The van der Waals surface area contributed by atoms with Crippen LogP contribution < -0.4 is 20.3 Å². The number of para-hydroxylation sites is 1. The van der Waals surface area contributed by atoms with Gasteiger partial charge in [0.2, 0.25) is 0 Å². The van der Waals surface area contributed by atoms with Gasteiger partial charge in [0.15, 0.2) is 11.5 Å². The Morgan fingerprint density at radius 1 is 0.971 bits per heavy atom. The molecule has 0 aliphatic carbocycles. The van der Waals surface area contributed by atoms with Gasteiger partial charge in [-0.2, -0.15) is 0 Å². The standard InChI is InChI=1S/C28H27N3O4/c1-17-9-10-23-19(13-17)14-22(27(32)30-23)26-21-16-25(35-3)24(34-2)15-18(21)11-12-31(26)28(33)29-20-7-5-4-6-8-20/h4-10,13-16,26H,11-12H2,1-3H3,(H,29,33)(H,30,32). The summed E-state index contributed by atoms with van der Waals surface area (Å²) < 4.78 is 11.1. The molecular formula is C28H27N3O4. The summed E-state index contributed by atoms with van der Waals surface area (Å²) in [5.41, 5.74) is 4.66. The number of aromatic amines is 1.